The first-order chi connectivity index (χ1) is 29.9. The Kier molecular flexibility index (Phi) is 22.1. The van der Waals surface area contributed by atoms with Gasteiger partial charge in [0.15, 0.2) is 5.78 Å². The number of Topliss-reactive ketones (excluding diaryl/α,β-unsaturated/α-hetero) is 1. The van der Waals surface area contributed by atoms with Gasteiger partial charge in [-0.1, -0.05) is 46.4 Å². The van der Waals surface area contributed by atoms with Gasteiger partial charge in [-0.2, -0.15) is 0 Å². The summed E-state index contributed by atoms with van der Waals surface area (Å²) in [5, 5.41) is 46.3. The molecule has 0 radical (unpaired) electrons. The molecule has 0 unspecified atom stereocenters. The second kappa shape index (κ2) is 26.6. The van der Waals surface area contributed by atoms with Crippen molar-refractivity contribution in [2.75, 3.05) is 40.7 Å². The van der Waals surface area contributed by atoms with Crippen LogP contribution in [0, 0.1) is 30.3 Å². The molecule has 2 aromatic heterocycles. The topological polar surface area (TPSA) is 330 Å². The van der Waals surface area contributed by atoms with Crippen LogP contribution >= 0.6 is 46.4 Å². The van der Waals surface area contributed by atoms with Gasteiger partial charge in [0.1, 0.15) is 0 Å². The molecule has 63 heavy (non-hydrogen) atoms. The lowest BCUT2D eigenvalue weighted by Gasteiger charge is -2.08. The van der Waals surface area contributed by atoms with Crippen LogP contribution in [-0.2, 0) is 18.9 Å². The van der Waals surface area contributed by atoms with E-state index in [1.165, 1.54) is 77.3 Å². The van der Waals surface area contributed by atoms with Crippen molar-refractivity contribution in [3.8, 4) is 22.9 Å². The highest BCUT2D eigenvalue weighted by Gasteiger charge is 2.16. The van der Waals surface area contributed by atoms with Crippen LogP contribution in [0.1, 0.15) is 20.7 Å². The number of hydrogen-bond acceptors (Lipinski definition) is 20. The maximum atomic E-state index is 11.1. The largest absolute Gasteiger partial charge is 0.465 e. The second-order valence-electron chi connectivity index (χ2n) is 11.1. The number of carbonyl (C=O) groups is 2. The molecule has 6 rings (SSSR count). The molecule has 0 fully saturated rings. The lowest BCUT2D eigenvalue weighted by atomic mass is 10.1. The van der Waals surface area contributed by atoms with E-state index in [2.05, 4.69) is 39.3 Å². The highest BCUT2D eigenvalue weighted by molar-refractivity contribution is 6.35. The number of methoxy groups -OCH3 is 4. The van der Waals surface area contributed by atoms with Gasteiger partial charge >= 0.3 is 5.97 Å². The van der Waals surface area contributed by atoms with Crippen molar-refractivity contribution in [3.05, 3.63) is 147 Å². The number of ketones is 1. The number of rotatable bonds is 11. The molecule has 0 aliphatic heterocycles. The van der Waals surface area contributed by atoms with Crippen molar-refractivity contribution in [1.82, 2.24) is 20.4 Å². The van der Waals surface area contributed by atoms with Crippen LogP contribution < -0.4 is 11.5 Å². The summed E-state index contributed by atoms with van der Waals surface area (Å²) in [5.41, 5.74) is 12.3. The molecule has 0 atom stereocenters. The summed E-state index contributed by atoms with van der Waals surface area (Å²) in [4.78, 5) is 51.6. The molecule has 4 N–H and O–H groups in total. The number of nitro benzene ring substituents is 3. The minimum absolute atomic E-state index is 0.00560. The number of halogens is 4. The van der Waals surface area contributed by atoms with E-state index in [0.717, 1.165) is 18.5 Å². The van der Waals surface area contributed by atoms with Gasteiger partial charge in [-0.15, -0.1) is 20.4 Å². The summed E-state index contributed by atoms with van der Waals surface area (Å²) >= 11 is 23.1. The first kappa shape index (κ1) is 52.4. The van der Waals surface area contributed by atoms with Gasteiger partial charge in [0, 0.05) is 69.0 Å². The van der Waals surface area contributed by atoms with Crippen LogP contribution in [0.3, 0.4) is 0 Å². The molecule has 0 saturated heterocycles. The van der Waals surface area contributed by atoms with Crippen LogP contribution in [0.4, 0.5) is 22.7 Å². The van der Waals surface area contributed by atoms with Crippen LogP contribution in [-0.4, -0.2) is 88.4 Å². The molecule has 23 nitrogen and oxygen atoms in total. The lowest BCUT2D eigenvalue weighted by molar-refractivity contribution is -0.385. The molecule has 0 aliphatic rings. The smallest absolute Gasteiger partial charge is 0.339 e. The number of aromatic nitrogens is 4. The fraction of sp³-hybridized carbons (Fsp3) is 0.167. The molecule has 0 aliphatic carbocycles. The zero-order valence-electron chi connectivity index (χ0n) is 32.9. The Morgan fingerprint density at radius 3 is 1.35 bits per heavy atom. The van der Waals surface area contributed by atoms with Crippen LogP contribution in [0.25, 0.3) is 22.9 Å². The third-order valence-corrected chi connectivity index (χ3v) is 8.38. The molecule has 0 amide bonds. The number of esters is 1. The van der Waals surface area contributed by atoms with E-state index >= 15 is 0 Å². The Balaban J connectivity index is 0.000000276. The highest BCUT2D eigenvalue weighted by atomic mass is 35.5. The van der Waals surface area contributed by atoms with Crippen molar-refractivity contribution in [1.29, 1.82) is 0 Å². The summed E-state index contributed by atoms with van der Waals surface area (Å²) in [5.74, 6) is -0.338. The van der Waals surface area contributed by atoms with Gasteiger partial charge in [-0.05, 0) is 36.4 Å². The van der Waals surface area contributed by atoms with Crippen LogP contribution in [0.5, 0.6) is 0 Å². The summed E-state index contributed by atoms with van der Waals surface area (Å²) in [6.45, 7) is -0.683. The normalized spacial score (nSPS) is 10.0. The quantitative estimate of drug-likeness (QED) is 0.0311. The van der Waals surface area contributed by atoms with E-state index in [4.69, 9.17) is 66.7 Å². The highest BCUT2D eigenvalue weighted by Crippen LogP contribution is 2.30. The summed E-state index contributed by atoms with van der Waals surface area (Å²) in [7, 11) is 5.74. The molecule has 0 saturated carbocycles. The summed E-state index contributed by atoms with van der Waals surface area (Å²) < 4.78 is 28.2. The van der Waals surface area contributed by atoms with Crippen molar-refractivity contribution < 1.29 is 52.1 Å². The Morgan fingerprint density at radius 1 is 0.635 bits per heavy atom. The first-order valence-corrected chi connectivity index (χ1v) is 18.2. The molecule has 0 bridgehead atoms. The fourth-order valence-corrected chi connectivity index (χ4v) is 5.27. The van der Waals surface area contributed by atoms with Gasteiger partial charge in [-0.3, -0.25) is 35.1 Å². The van der Waals surface area contributed by atoms with E-state index in [-0.39, 0.29) is 61.5 Å². The zero-order valence-corrected chi connectivity index (χ0v) is 35.9. The second-order valence-corrected chi connectivity index (χ2v) is 12.7. The van der Waals surface area contributed by atoms with Gasteiger partial charge in [0.25, 0.3) is 23.5 Å². The molecule has 27 heteroatoms. The number of nitrogens with two attached hydrogens (primary N) is 2. The fourth-order valence-electron chi connectivity index (χ4n) is 4.21. The van der Waals surface area contributed by atoms with Crippen molar-refractivity contribution in [2.24, 2.45) is 5.73 Å². The molecule has 6 aromatic rings. The van der Waals surface area contributed by atoms with E-state index < -0.39 is 27.2 Å². The Bertz CT molecular complexity index is 2380. The van der Waals surface area contributed by atoms with E-state index in [1.54, 1.807) is 18.2 Å². The number of nitro groups is 3. The maximum absolute atomic E-state index is 11.1. The molecule has 4 aromatic carbocycles. The number of nitrogens with zero attached hydrogens (tertiary/aromatic N) is 7. The van der Waals surface area contributed by atoms with Gasteiger partial charge in [0.2, 0.25) is 24.6 Å². The molecular formula is C36H33Cl4N9O14. The minimum atomic E-state index is -0.620. The molecule has 0 spiro atoms. The maximum Gasteiger partial charge on any atom is 0.339 e. The molecular weight excluding hydrogens is 924 g/mol. The van der Waals surface area contributed by atoms with Gasteiger partial charge < -0.3 is 39.2 Å². The van der Waals surface area contributed by atoms with E-state index in [1.807, 2.05) is 0 Å². The number of benzene rings is 4. The Labute approximate surface area is 375 Å². The average Bonchev–Trinajstić information content (AvgIpc) is 4.01. The number of nitrogen functional groups attached to an aromatic ring is 1. The Morgan fingerprint density at radius 2 is 1.03 bits per heavy atom. The number of ether oxygens (including phenoxy) is 4. The first-order valence-electron chi connectivity index (χ1n) is 16.7. The van der Waals surface area contributed by atoms with Crippen molar-refractivity contribution in [3.63, 3.8) is 0 Å². The summed E-state index contributed by atoms with van der Waals surface area (Å²) in [6.07, 6.45) is 2.41. The van der Waals surface area contributed by atoms with Crippen molar-refractivity contribution in [2.45, 2.75) is 6.48 Å². The van der Waals surface area contributed by atoms with Crippen LogP contribution in [0.15, 0.2) is 94.4 Å². The number of carbonyl (C=O) groups excluding carboxylic acids is 2. The molecule has 334 valence electrons. The average molecular weight is 958 g/mol. The standard InChI is InChI=1S/C8H4ClN3O3.C8H6ClN3O.C8H7ClN2O3.C8H6ClNO4.C4H10O3/c9-7-3-5(12(13)14)1-2-6(7)8-11-10-4-15-8;9-7-3-5(10)1-2-6(7)8-12-11-4-13-8;9-7-3-5(11(13)14)1-2-6(7)8(12)4-10;1-14-8(11)6-3-2-5(10(12)13)4-7(6)9;1-5-4(6-2)7-3/h1-4H;1-4H,10H2;1-3H,4,10H2;2-4H,1H3;4H,1-3H3. The van der Waals surface area contributed by atoms with Crippen molar-refractivity contribution >= 4 is 80.9 Å². The Hall–Kier alpha value is -6.70. The minimum Gasteiger partial charge on any atom is -0.465 e. The van der Waals surface area contributed by atoms with E-state index in [9.17, 15) is 39.9 Å². The number of hydrogen-bond donors (Lipinski definition) is 2. The zero-order chi connectivity index (χ0) is 47.2. The number of non-ortho nitro benzene ring substituents is 3. The number of anilines is 1. The lowest BCUT2D eigenvalue weighted by Crippen LogP contribution is -2.14. The van der Waals surface area contributed by atoms with E-state index in [0.29, 0.717) is 27.7 Å². The SMILES string of the molecule is COC(=O)c1ccc([N+](=O)[O-])cc1Cl.COC(OC)OC.NCC(=O)c1ccc([N+](=O)[O-])cc1Cl.Nc1ccc(-c2nnco2)c(Cl)c1.O=[N+]([O-])c1ccc(-c2nnco2)c(Cl)c1. The van der Waals surface area contributed by atoms with Crippen LogP contribution in [0.2, 0.25) is 20.1 Å². The predicted molar refractivity (Wildman–Crippen MR) is 226 cm³/mol. The predicted octanol–water partition coefficient (Wildman–Crippen LogP) is 7.90. The summed E-state index contributed by atoms with van der Waals surface area (Å²) in [6, 6.07) is 16.3. The molecule has 2 heterocycles. The van der Waals surface area contributed by atoms with Gasteiger partial charge in [0.05, 0.1) is 65.2 Å². The third kappa shape index (κ3) is 16.6. The monoisotopic (exact) mass is 955 g/mol. The van der Waals surface area contributed by atoms with Gasteiger partial charge in [-0.25, -0.2) is 4.79 Å². The third-order valence-electron chi connectivity index (χ3n) is 7.13.